The van der Waals surface area contributed by atoms with E-state index in [1.165, 1.54) is 23.9 Å². The minimum absolute atomic E-state index is 0.0229. The molecule has 0 spiro atoms. The Hall–Kier alpha value is -5.64. The molecule has 1 amide bonds. The molecular weight excluding hydrogens is 520 g/mol. The van der Waals surface area contributed by atoms with E-state index in [-0.39, 0.29) is 41.8 Å². The van der Waals surface area contributed by atoms with E-state index in [1.54, 1.807) is 42.5 Å². The third-order valence-electron chi connectivity index (χ3n) is 6.05. The summed E-state index contributed by atoms with van der Waals surface area (Å²) in [4.78, 5) is 26.6. The van der Waals surface area contributed by atoms with Crippen LogP contribution >= 0.6 is 0 Å². The Morgan fingerprint density at radius 3 is 2.55 bits per heavy atom. The molecule has 0 saturated heterocycles. The Morgan fingerprint density at radius 2 is 1.85 bits per heavy atom. The number of carbonyl (C=O) groups is 1. The first-order chi connectivity index (χ1) is 19.3. The maximum atomic E-state index is 14.4. The van der Waals surface area contributed by atoms with Crippen LogP contribution in [0.5, 0.6) is 0 Å². The smallest absolute Gasteiger partial charge is 0.414 e. The number of anilines is 3. The van der Waals surface area contributed by atoms with Gasteiger partial charge in [0.15, 0.2) is 11.6 Å². The number of ether oxygens (including phenoxy) is 1. The van der Waals surface area contributed by atoms with Crippen LogP contribution in [0, 0.1) is 23.0 Å². The van der Waals surface area contributed by atoms with E-state index >= 15 is 0 Å². The quantitative estimate of drug-likeness (QED) is 0.325. The second-order valence-corrected chi connectivity index (χ2v) is 8.66. The predicted molar refractivity (Wildman–Crippen MR) is 142 cm³/mol. The number of hydrogen-bond acceptors (Lipinski definition) is 9. The zero-order valence-corrected chi connectivity index (χ0v) is 21.0. The third-order valence-corrected chi connectivity index (χ3v) is 6.05. The number of carbonyl (C=O) groups excluding carboxylic acids is 1. The van der Waals surface area contributed by atoms with E-state index in [9.17, 15) is 18.8 Å². The topological polar surface area (TPSA) is 162 Å². The van der Waals surface area contributed by atoms with Crippen LogP contribution in [0.3, 0.4) is 0 Å². The highest BCUT2D eigenvalue weighted by molar-refractivity contribution is 5.95. The molecule has 2 aromatic carbocycles. The Bertz CT molecular complexity index is 1780. The van der Waals surface area contributed by atoms with Crippen molar-refractivity contribution in [3.05, 3.63) is 94.8 Å². The largest absolute Gasteiger partial charge is 0.452 e. The van der Waals surface area contributed by atoms with E-state index in [4.69, 9.17) is 16.2 Å². The van der Waals surface area contributed by atoms with Crippen molar-refractivity contribution in [3.63, 3.8) is 0 Å². The van der Waals surface area contributed by atoms with Crippen molar-refractivity contribution in [2.24, 2.45) is 0 Å². The van der Waals surface area contributed by atoms with Crippen LogP contribution in [0.25, 0.3) is 17.0 Å². The number of nitriles is 1. The van der Waals surface area contributed by atoms with E-state index in [0.717, 1.165) is 11.1 Å². The van der Waals surface area contributed by atoms with Crippen molar-refractivity contribution in [2.75, 3.05) is 23.5 Å². The van der Waals surface area contributed by atoms with Crippen LogP contribution in [-0.4, -0.2) is 37.9 Å². The lowest BCUT2D eigenvalue weighted by Crippen LogP contribution is -2.32. The van der Waals surface area contributed by atoms with Gasteiger partial charge in [0.1, 0.15) is 22.8 Å². The molecule has 0 atom stereocenters. The maximum Gasteiger partial charge on any atom is 0.414 e. The van der Waals surface area contributed by atoms with Gasteiger partial charge in [-0.1, -0.05) is 30.3 Å². The molecule has 0 aliphatic rings. The number of hydrogen-bond donors (Lipinski definition) is 2. The molecule has 13 heteroatoms. The van der Waals surface area contributed by atoms with Gasteiger partial charge in [-0.25, -0.2) is 18.6 Å². The normalized spacial score (nSPS) is 10.8. The first-order valence-electron chi connectivity index (χ1n) is 11.8. The second kappa shape index (κ2) is 10.6. The number of aromatic nitrogens is 5. The summed E-state index contributed by atoms with van der Waals surface area (Å²) in [5, 5.41) is 13.7. The van der Waals surface area contributed by atoms with Crippen LogP contribution in [-0.2, 0) is 17.7 Å². The summed E-state index contributed by atoms with van der Waals surface area (Å²) >= 11 is 0. The van der Waals surface area contributed by atoms with Gasteiger partial charge in [-0.3, -0.25) is 4.90 Å². The van der Waals surface area contributed by atoms with Gasteiger partial charge in [0.25, 0.3) is 5.95 Å². The number of methoxy groups -OCH3 is 1. The molecule has 3 heterocycles. The molecule has 0 aliphatic carbocycles. The number of nitrogen functional groups attached to an aromatic ring is 2. The molecule has 11 nitrogen and oxygen atoms in total. The number of amides is 1. The highest BCUT2D eigenvalue weighted by atomic mass is 19.1. The molecule has 4 N–H and O–H groups in total. The van der Waals surface area contributed by atoms with Crippen molar-refractivity contribution in [1.82, 2.24) is 24.7 Å². The second-order valence-electron chi connectivity index (χ2n) is 8.66. The monoisotopic (exact) mass is 541 g/mol. The van der Waals surface area contributed by atoms with Crippen LogP contribution in [0.1, 0.15) is 22.4 Å². The molecule has 0 fully saturated rings. The maximum absolute atomic E-state index is 14.4. The molecule has 0 aliphatic heterocycles. The number of rotatable bonds is 6. The minimum Gasteiger partial charge on any atom is -0.452 e. The molecule has 3 aromatic heterocycles. The van der Waals surface area contributed by atoms with Crippen LogP contribution < -0.4 is 16.4 Å². The lowest BCUT2D eigenvalue weighted by molar-refractivity contribution is 0.178. The number of pyridine rings is 1. The average molecular weight is 542 g/mol. The third kappa shape index (κ3) is 4.93. The van der Waals surface area contributed by atoms with E-state index in [0.29, 0.717) is 27.9 Å². The zero-order valence-electron chi connectivity index (χ0n) is 21.0. The molecule has 5 rings (SSSR count). The van der Waals surface area contributed by atoms with Gasteiger partial charge in [-0.15, -0.1) is 0 Å². The summed E-state index contributed by atoms with van der Waals surface area (Å²) in [5.41, 5.74) is 14.7. The highest BCUT2D eigenvalue weighted by Gasteiger charge is 2.26. The van der Waals surface area contributed by atoms with Crippen molar-refractivity contribution < 1.29 is 18.3 Å². The summed E-state index contributed by atoms with van der Waals surface area (Å²) in [6.07, 6.45) is 0.303. The minimum atomic E-state index is -0.792. The number of fused-ring (bicyclic) bond motifs is 1. The van der Waals surface area contributed by atoms with E-state index < -0.39 is 17.7 Å². The van der Waals surface area contributed by atoms with Gasteiger partial charge in [-0.05, 0) is 29.3 Å². The van der Waals surface area contributed by atoms with Gasteiger partial charge in [0.05, 0.1) is 42.7 Å². The SMILES string of the molecule is COC(=O)N(Cc1cccc(C#N)c1)c1c(N)nc(-n2nc(Cc3ccccc3F)c3ncc(F)cc32)nc1N. The first-order valence-corrected chi connectivity index (χ1v) is 11.8. The van der Waals surface area contributed by atoms with Gasteiger partial charge in [0, 0.05) is 12.5 Å². The summed E-state index contributed by atoms with van der Waals surface area (Å²) in [6, 6.07) is 16.0. The number of nitrogens with zero attached hydrogens (tertiary/aromatic N) is 7. The Balaban J connectivity index is 1.59. The van der Waals surface area contributed by atoms with E-state index in [2.05, 4.69) is 20.1 Å². The summed E-state index contributed by atoms with van der Waals surface area (Å²) < 4.78 is 34.7. The fourth-order valence-electron chi connectivity index (χ4n) is 4.24. The molecule has 5 aromatic rings. The number of benzene rings is 2. The van der Waals surface area contributed by atoms with Crippen molar-refractivity contribution in [1.29, 1.82) is 5.26 Å². The van der Waals surface area contributed by atoms with Gasteiger partial charge < -0.3 is 16.2 Å². The Labute approximate surface area is 226 Å². The number of halogens is 2. The molecular formula is C27H21F2N9O2. The van der Waals surface area contributed by atoms with Crippen LogP contribution in [0.2, 0.25) is 0 Å². The fraction of sp³-hybridized carbons (Fsp3) is 0.111. The first kappa shape index (κ1) is 26.0. The van der Waals surface area contributed by atoms with E-state index in [1.807, 2.05) is 6.07 Å². The fourth-order valence-corrected chi connectivity index (χ4v) is 4.24. The predicted octanol–water partition coefficient (Wildman–Crippen LogP) is 3.89. The van der Waals surface area contributed by atoms with Gasteiger partial charge in [0.2, 0.25) is 0 Å². The average Bonchev–Trinajstić information content (AvgIpc) is 3.30. The molecule has 0 bridgehead atoms. The Morgan fingerprint density at radius 1 is 1.10 bits per heavy atom. The summed E-state index contributed by atoms with van der Waals surface area (Å²) in [5.74, 6) is -1.56. The van der Waals surface area contributed by atoms with Gasteiger partial charge in [-0.2, -0.15) is 25.0 Å². The van der Waals surface area contributed by atoms with Gasteiger partial charge >= 0.3 is 6.09 Å². The molecule has 0 unspecified atom stereocenters. The molecule has 40 heavy (non-hydrogen) atoms. The lowest BCUT2D eigenvalue weighted by Gasteiger charge is -2.23. The van der Waals surface area contributed by atoms with Crippen LogP contribution in [0.15, 0.2) is 60.8 Å². The van der Waals surface area contributed by atoms with Crippen molar-refractivity contribution in [2.45, 2.75) is 13.0 Å². The summed E-state index contributed by atoms with van der Waals surface area (Å²) in [7, 11) is 1.19. The molecule has 0 radical (unpaired) electrons. The van der Waals surface area contributed by atoms with Crippen LogP contribution in [0.4, 0.5) is 30.9 Å². The Kier molecular flexibility index (Phi) is 6.90. The molecule has 200 valence electrons. The zero-order chi connectivity index (χ0) is 28.4. The standard InChI is InChI=1S/C27H21F2N9O2/c1-40-27(39)37(14-16-6-4-5-15(9-16)12-30)23-24(31)34-26(35-25(23)32)38-21-11-18(28)13-33-22(21)20(36-38)10-17-7-2-3-8-19(17)29/h2-9,11,13H,10,14H2,1H3,(H4,31,32,34,35). The molecule has 0 saturated carbocycles. The van der Waals surface area contributed by atoms with Crippen molar-refractivity contribution in [3.8, 4) is 12.0 Å². The summed E-state index contributed by atoms with van der Waals surface area (Å²) in [6.45, 7) is -0.0497. The number of nitrogens with two attached hydrogens (primary N) is 2. The van der Waals surface area contributed by atoms with Crippen molar-refractivity contribution >= 4 is 34.4 Å². The lowest BCUT2D eigenvalue weighted by atomic mass is 10.1. The highest BCUT2D eigenvalue weighted by Crippen LogP contribution is 2.32.